The average molecular weight is 560 g/mol. The van der Waals surface area contributed by atoms with Crippen LogP contribution < -0.4 is 4.74 Å². The quantitative estimate of drug-likeness (QED) is 0.122. The maximum absolute atomic E-state index is 13.4. The normalized spacial score (nSPS) is 11.9. The molecule has 0 spiro atoms. The van der Waals surface area contributed by atoms with E-state index in [2.05, 4.69) is 36.4 Å². The molecule has 0 bridgehead atoms. The number of hydrogen-bond donors (Lipinski definition) is 0. The minimum atomic E-state index is -3.72. The zero-order valence-electron chi connectivity index (χ0n) is 23.5. The van der Waals surface area contributed by atoms with Gasteiger partial charge in [0.15, 0.2) is 0 Å². The minimum Gasteiger partial charge on any atom is -0.497 e. The van der Waals surface area contributed by atoms with E-state index in [4.69, 9.17) is 9.47 Å². The number of aromatic nitrogens is 1. The molecule has 0 saturated carbocycles. The summed E-state index contributed by atoms with van der Waals surface area (Å²) in [6, 6.07) is 24.5. The Morgan fingerprint density at radius 3 is 2.12 bits per heavy atom. The number of ether oxygens (including phenoxy) is 2. The van der Waals surface area contributed by atoms with Gasteiger partial charge in [-0.1, -0.05) is 99.2 Å². The molecule has 212 valence electrons. The largest absolute Gasteiger partial charge is 0.497 e. The molecule has 0 amide bonds. The van der Waals surface area contributed by atoms with E-state index >= 15 is 0 Å². The third-order valence-electron chi connectivity index (χ3n) is 7.14. The van der Waals surface area contributed by atoms with Gasteiger partial charge in [-0.25, -0.2) is 12.4 Å². The van der Waals surface area contributed by atoms with Crippen LogP contribution in [0.3, 0.4) is 0 Å². The van der Waals surface area contributed by atoms with Crippen LogP contribution in [0.2, 0.25) is 0 Å². The van der Waals surface area contributed by atoms with Gasteiger partial charge in [0.2, 0.25) is 0 Å². The van der Waals surface area contributed by atoms with E-state index in [1.165, 1.54) is 48.1 Å². The van der Waals surface area contributed by atoms with Crippen LogP contribution in [-0.2, 0) is 21.4 Å². The number of allylic oxidation sites excluding steroid dienone is 1. The number of para-hydroxylation sites is 1. The Hall–Kier alpha value is -3.35. The second kappa shape index (κ2) is 15.4. The van der Waals surface area contributed by atoms with Gasteiger partial charge >= 0.3 is 0 Å². The molecule has 0 saturated heterocycles. The van der Waals surface area contributed by atoms with E-state index < -0.39 is 10.0 Å². The van der Waals surface area contributed by atoms with Crippen molar-refractivity contribution in [3.05, 3.63) is 102 Å². The summed E-state index contributed by atoms with van der Waals surface area (Å²) >= 11 is 0. The standard InChI is InChI=1S/C34H41NO4S/c1-38-31-22-24-32(25-23-31)40(36,37)35-27-30(33-20-14-15-21-34(33)35)19-13-8-6-4-2-3-5-7-9-16-26-39-28-29-17-11-10-12-18-29/h10-15,17-25,27H,2-9,16,26,28H2,1H3/b19-13-. The first-order valence-corrected chi connectivity index (χ1v) is 15.8. The van der Waals surface area contributed by atoms with Gasteiger partial charge < -0.3 is 9.47 Å². The van der Waals surface area contributed by atoms with E-state index in [0.29, 0.717) is 17.9 Å². The van der Waals surface area contributed by atoms with Crippen molar-refractivity contribution < 1.29 is 17.9 Å². The Morgan fingerprint density at radius 1 is 0.750 bits per heavy atom. The van der Waals surface area contributed by atoms with Gasteiger partial charge in [-0.15, -0.1) is 0 Å². The third kappa shape index (κ3) is 8.33. The molecule has 1 heterocycles. The van der Waals surface area contributed by atoms with Crippen LogP contribution in [0.5, 0.6) is 5.75 Å². The van der Waals surface area contributed by atoms with Crippen molar-refractivity contribution in [3.63, 3.8) is 0 Å². The highest BCUT2D eigenvalue weighted by molar-refractivity contribution is 7.90. The Bertz CT molecular complexity index is 1440. The zero-order chi connectivity index (χ0) is 28.0. The maximum atomic E-state index is 13.4. The van der Waals surface area contributed by atoms with Gasteiger partial charge in [0.05, 0.1) is 24.1 Å². The molecule has 4 rings (SSSR count). The minimum absolute atomic E-state index is 0.237. The Balaban J connectivity index is 1.16. The summed E-state index contributed by atoms with van der Waals surface area (Å²) in [5.41, 5.74) is 2.84. The van der Waals surface area contributed by atoms with Gasteiger partial charge in [0, 0.05) is 23.8 Å². The fourth-order valence-corrected chi connectivity index (χ4v) is 6.25. The number of rotatable bonds is 17. The topological polar surface area (TPSA) is 57.5 Å². The fraction of sp³-hybridized carbons (Fsp3) is 0.353. The fourth-order valence-electron chi connectivity index (χ4n) is 4.87. The van der Waals surface area contributed by atoms with Crippen LogP contribution >= 0.6 is 0 Å². The van der Waals surface area contributed by atoms with Crippen LogP contribution in [0, 0.1) is 0 Å². The van der Waals surface area contributed by atoms with Gasteiger partial charge in [-0.05, 0) is 55.2 Å². The van der Waals surface area contributed by atoms with Crippen LogP contribution in [0.25, 0.3) is 17.0 Å². The first kappa shape index (κ1) is 29.6. The van der Waals surface area contributed by atoms with Crippen molar-refractivity contribution in [1.82, 2.24) is 3.97 Å². The number of unbranched alkanes of at least 4 members (excludes halogenated alkanes) is 8. The maximum Gasteiger partial charge on any atom is 0.268 e. The summed E-state index contributed by atoms with van der Waals surface area (Å²) in [5.74, 6) is 0.625. The van der Waals surface area contributed by atoms with Crippen molar-refractivity contribution in [3.8, 4) is 5.75 Å². The molecule has 0 unspecified atom stereocenters. The molecule has 3 aromatic carbocycles. The van der Waals surface area contributed by atoms with Gasteiger partial charge in [-0.3, -0.25) is 0 Å². The number of nitrogens with zero attached hydrogens (tertiary/aromatic N) is 1. The molecule has 6 heteroatoms. The number of fused-ring (bicyclic) bond motifs is 1. The molecule has 1 aromatic heterocycles. The monoisotopic (exact) mass is 559 g/mol. The molecule has 0 aliphatic rings. The Labute approximate surface area is 239 Å². The van der Waals surface area contributed by atoms with Crippen LogP contribution in [0.4, 0.5) is 0 Å². The van der Waals surface area contributed by atoms with E-state index in [9.17, 15) is 8.42 Å². The van der Waals surface area contributed by atoms with Crippen LogP contribution in [0.1, 0.15) is 68.9 Å². The molecule has 4 aromatic rings. The van der Waals surface area contributed by atoms with Crippen molar-refractivity contribution >= 4 is 27.0 Å². The number of hydrogen-bond acceptors (Lipinski definition) is 4. The van der Waals surface area contributed by atoms with E-state index in [1.807, 2.05) is 30.3 Å². The van der Waals surface area contributed by atoms with E-state index in [0.717, 1.165) is 36.8 Å². The third-order valence-corrected chi connectivity index (χ3v) is 8.83. The molecule has 0 fully saturated rings. The number of benzene rings is 3. The Kier molecular flexibility index (Phi) is 11.4. The predicted octanol–water partition coefficient (Wildman–Crippen LogP) is 8.63. The highest BCUT2D eigenvalue weighted by Crippen LogP contribution is 2.28. The lowest BCUT2D eigenvalue weighted by molar-refractivity contribution is 0.116. The summed E-state index contributed by atoms with van der Waals surface area (Å²) in [7, 11) is -2.15. The molecule has 0 N–H and O–H groups in total. The highest BCUT2D eigenvalue weighted by atomic mass is 32.2. The Morgan fingerprint density at radius 2 is 1.40 bits per heavy atom. The van der Waals surface area contributed by atoms with Crippen molar-refractivity contribution in [1.29, 1.82) is 0 Å². The van der Waals surface area contributed by atoms with Gasteiger partial charge in [0.1, 0.15) is 5.75 Å². The lowest BCUT2D eigenvalue weighted by Crippen LogP contribution is -2.11. The SMILES string of the molecule is COc1ccc(S(=O)(=O)n2cc(/C=C\CCCCCCCCCCOCc3ccccc3)c3ccccc32)cc1. The predicted molar refractivity (Wildman–Crippen MR) is 164 cm³/mol. The molecule has 0 radical (unpaired) electrons. The summed E-state index contributed by atoms with van der Waals surface area (Å²) in [4.78, 5) is 0.237. The summed E-state index contributed by atoms with van der Waals surface area (Å²) < 4.78 is 39.1. The van der Waals surface area contributed by atoms with Crippen molar-refractivity contribution in [2.45, 2.75) is 69.3 Å². The molecule has 0 atom stereocenters. The molecule has 40 heavy (non-hydrogen) atoms. The van der Waals surface area contributed by atoms with Crippen LogP contribution in [-0.4, -0.2) is 26.1 Å². The molecule has 5 nitrogen and oxygen atoms in total. The van der Waals surface area contributed by atoms with Crippen molar-refractivity contribution in [2.75, 3.05) is 13.7 Å². The lowest BCUT2D eigenvalue weighted by Gasteiger charge is -2.08. The second-order valence-corrected chi connectivity index (χ2v) is 12.0. The van der Waals surface area contributed by atoms with E-state index in [1.54, 1.807) is 37.6 Å². The summed E-state index contributed by atoms with van der Waals surface area (Å²) in [6.45, 7) is 1.55. The highest BCUT2D eigenvalue weighted by Gasteiger charge is 2.20. The van der Waals surface area contributed by atoms with Crippen molar-refractivity contribution in [2.24, 2.45) is 0 Å². The first-order valence-electron chi connectivity index (χ1n) is 14.4. The first-order chi connectivity index (χ1) is 19.6. The zero-order valence-corrected chi connectivity index (χ0v) is 24.3. The summed E-state index contributed by atoms with van der Waals surface area (Å²) in [5, 5.41) is 0.932. The average Bonchev–Trinajstić information content (AvgIpc) is 3.37. The molecular formula is C34H41NO4S. The van der Waals surface area contributed by atoms with Gasteiger partial charge in [0.25, 0.3) is 10.0 Å². The second-order valence-electron chi connectivity index (χ2n) is 10.1. The van der Waals surface area contributed by atoms with Crippen LogP contribution in [0.15, 0.2) is 96.0 Å². The molecular weight excluding hydrogens is 518 g/mol. The van der Waals surface area contributed by atoms with Gasteiger partial charge in [-0.2, -0.15) is 0 Å². The lowest BCUT2D eigenvalue weighted by atomic mass is 10.1. The molecule has 0 aliphatic carbocycles. The summed E-state index contributed by atoms with van der Waals surface area (Å²) in [6.07, 6.45) is 16.8. The smallest absolute Gasteiger partial charge is 0.268 e. The number of methoxy groups -OCH3 is 1. The van der Waals surface area contributed by atoms with E-state index in [-0.39, 0.29) is 4.90 Å². The molecule has 0 aliphatic heterocycles.